The monoisotopic (exact) mass is 221 g/mol. The molecule has 2 atom stereocenters. The summed E-state index contributed by atoms with van der Waals surface area (Å²) >= 11 is 0. The predicted molar refractivity (Wildman–Crippen MR) is 66.2 cm³/mol. The lowest BCUT2D eigenvalue weighted by Gasteiger charge is -2.27. The molecule has 0 aromatic heterocycles. The molecule has 3 heteroatoms. The Bertz CT molecular complexity index is 279. The van der Waals surface area contributed by atoms with Gasteiger partial charge in [0.05, 0.1) is 0 Å². The zero-order valence-corrected chi connectivity index (χ0v) is 9.99. The van der Waals surface area contributed by atoms with Crippen molar-refractivity contribution < 1.29 is 0 Å². The van der Waals surface area contributed by atoms with Crippen molar-refractivity contribution in [2.24, 2.45) is 28.5 Å². The van der Waals surface area contributed by atoms with Crippen molar-refractivity contribution in [1.29, 1.82) is 0 Å². The molecule has 0 spiro atoms. The minimum Gasteiger partial charge on any atom is -0.370 e. The van der Waals surface area contributed by atoms with Crippen LogP contribution in [0, 0.1) is 17.8 Å². The van der Waals surface area contributed by atoms with Gasteiger partial charge < -0.3 is 11.1 Å². The summed E-state index contributed by atoms with van der Waals surface area (Å²) in [5, 5.41) is 3.30. The summed E-state index contributed by atoms with van der Waals surface area (Å²) in [6, 6.07) is 0.616. The average Bonchev–Trinajstić information content (AvgIpc) is 2.85. The van der Waals surface area contributed by atoms with Gasteiger partial charge >= 0.3 is 0 Å². The second-order valence-corrected chi connectivity index (χ2v) is 5.85. The molecule has 3 rings (SSSR count). The Kier molecular flexibility index (Phi) is 2.78. The Morgan fingerprint density at radius 2 is 1.94 bits per heavy atom. The molecule has 0 unspecified atom stereocenters. The number of hydrogen-bond acceptors (Lipinski definition) is 1. The SMILES string of the molecule is NC(=NC[C@@H]1C[C@H]1C1CCC1)NC1CCC1. The highest BCUT2D eigenvalue weighted by atomic mass is 15.1. The zero-order chi connectivity index (χ0) is 11.0. The number of nitrogens with zero attached hydrogens (tertiary/aromatic N) is 1. The van der Waals surface area contributed by atoms with Gasteiger partial charge in [-0.15, -0.1) is 0 Å². The third kappa shape index (κ3) is 2.18. The highest BCUT2D eigenvalue weighted by Gasteiger charge is 2.44. The van der Waals surface area contributed by atoms with E-state index in [9.17, 15) is 0 Å². The van der Waals surface area contributed by atoms with Crippen LogP contribution in [0.4, 0.5) is 0 Å². The molecule has 0 bridgehead atoms. The lowest BCUT2D eigenvalue weighted by Crippen LogP contribution is -2.43. The van der Waals surface area contributed by atoms with Crippen LogP contribution >= 0.6 is 0 Å². The largest absolute Gasteiger partial charge is 0.370 e. The molecule has 3 N–H and O–H groups in total. The maximum absolute atomic E-state index is 5.87. The molecule has 3 aliphatic rings. The Hall–Kier alpha value is -0.730. The molecule has 3 nitrogen and oxygen atoms in total. The lowest BCUT2D eigenvalue weighted by atomic mass is 9.81. The standard InChI is InChI=1S/C13H23N3/c14-13(16-11-5-2-6-11)15-8-10-7-12(10)9-3-1-4-9/h9-12H,1-8H2,(H3,14,15,16)/t10-,12-/m0/s1. The Morgan fingerprint density at radius 3 is 2.50 bits per heavy atom. The van der Waals surface area contributed by atoms with Crippen molar-refractivity contribution in [2.75, 3.05) is 6.54 Å². The van der Waals surface area contributed by atoms with Gasteiger partial charge in [-0.05, 0) is 43.4 Å². The van der Waals surface area contributed by atoms with Gasteiger partial charge in [-0.2, -0.15) is 0 Å². The first-order valence-corrected chi connectivity index (χ1v) is 6.89. The molecule has 0 heterocycles. The molecular formula is C13H23N3. The topological polar surface area (TPSA) is 50.4 Å². The van der Waals surface area contributed by atoms with Crippen LogP contribution in [0.15, 0.2) is 4.99 Å². The molecule has 16 heavy (non-hydrogen) atoms. The second kappa shape index (κ2) is 4.27. The van der Waals surface area contributed by atoms with Crippen molar-refractivity contribution in [3.8, 4) is 0 Å². The van der Waals surface area contributed by atoms with Gasteiger partial charge in [0.25, 0.3) is 0 Å². The number of aliphatic imine (C=N–C) groups is 1. The Balaban J connectivity index is 1.37. The maximum Gasteiger partial charge on any atom is 0.188 e. The molecule has 90 valence electrons. The van der Waals surface area contributed by atoms with E-state index in [2.05, 4.69) is 10.3 Å². The van der Waals surface area contributed by atoms with E-state index in [0.717, 1.165) is 24.3 Å². The van der Waals surface area contributed by atoms with Gasteiger partial charge in [-0.1, -0.05) is 19.3 Å². The molecule has 3 fully saturated rings. The van der Waals surface area contributed by atoms with Crippen LogP contribution in [0.1, 0.15) is 44.9 Å². The van der Waals surface area contributed by atoms with Crippen molar-refractivity contribution in [2.45, 2.75) is 51.0 Å². The molecule has 3 aliphatic carbocycles. The van der Waals surface area contributed by atoms with Crippen molar-refractivity contribution in [3.63, 3.8) is 0 Å². The molecule has 0 saturated heterocycles. The summed E-state index contributed by atoms with van der Waals surface area (Å²) in [6.07, 6.45) is 9.70. The smallest absolute Gasteiger partial charge is 0.188 e. The molecule has 0 aromatic carbocycles. The molecule has 0 amide bonds. The van der Waals surface area contributed by atoms with Gasteiger partial charge in [-0.3, -0.25) is 4.99 Å². The van der Waals surface area contributed by atoms with Crippen LogP contribution < -0.4 is 11.1 Å². The van der Waals surface area contributed by atoms with Crippen molar-refractivity contribution in [3.05, 3.63) is 0 Å². The van der Waals surface area contributed by atoms with Crippen LogP contribution in [-0.4, -0.2) is 18.5 Å². The van der Waals surface area contributed by atoms with Gasteiger partial charge in [-0.25, -0.2) is 0 Å². The van der Waals surface area contributed by atoms with Gasteiger partial charge in [0.15, 0.2) is 5.96 Å². The minimum absolute atomic E-state index is 0.616. The van der Waals surface area contributed by atoms with Crippen LogP contribution in [0.3, 0.4) is 0 Å². The van der Waals surface area contributed by atoms with E-state index in [1.54, 1.807) is 0 Å². The summed E-state index contributed by atoms with van der Waals surface area (Å²) in [5.74, 6) is 3.58. The summed E-state index contributed by atoms with van der Waals surface area (Å²) in [4.78, 5) is 4.48. The van der Waals surface area contributed by atoms with Gasteiger partial charge in [0.2, 0.25) is 0 Å². The van der Waals surface area contributed by atoms with E-state index in [0.29, 0.717) is 12.0 Å². The fraction of sp³-hybridized carbons (Fsp3) is 0.923. The van der Waals surface area contributed by atoms with Gasteiger partial charge in [0, 0.05) is 12.6 Å². The van der Waals surface area contributed by atoms with Crippen LogP contribution in [0.5, 0.6) is 0 Å². The molecule has 0 aromatic rings. The fourth-order valence-corrected chi connectivity index (χ4v) is 2.95. The second-order valence-electron chi connectivity index (χ2n) is 5.85. The Labute approximate surface area is 97.9 Å². The maximum atomic E-state index is 5.87. The third-order valence-corrected chi connectivity index (χ3v) is 4.69. The predicted octanol–water partition coefficient (Wildman–Crippen LogP) is 1.88. The highest BCUT2D eigenvalue weighted by Crippen LogP contribution is 2.51. The molecule has 3 saturated carbocycles. The Morgan fingerprint density at radius 1 is 1.19 bits per heavy atom. The van der Waals surface area contributed by atoms with Gasteiger partial charge in [0.1, 0.15) is 0 Å². The lowest BCUT2D eigenvalue weighted by molar-refractivity contribution is 0.266. The van der Waals surface area contributed by atoms with Crippen molar-refractivity contribution in [1.82, 2.24) is 5.32 Å². The normalized spacial score (nSPS) is 35.4. The minimum atomic E-state index is 0.616. The van der Waals surface area contributed by atoms with E-state index in [1.807, 2.05) is 0 Å². The number of rotatable bonds is 4. The zero-order valence-electron chi connectivity index (χ0n) is 9.99. The van der Waals surface area contributed by atoms with Crippen LogP contribution in [-0.2, 0) is 0 Å². The number of guanidine groups is 1. The number of hydrogen-bond donors (Lipinski definition) is 2. The van der Waals surface area contributed by atoms with E-state index in [1.165, 1.54) is 44.9 Å². The summed E-state index contributed by atoms with van der Waals surface area (Å²) in [7, 11) is 0. The fourth-order valence-electron chi connectivity index (χ4n) is 2.95. The van der Waals surface area contributed by atoms with E-state index >= 15 is 0 Å². The third-order valence-electron chi connectivity index (χ3n) is 4.69. The van der Waals surface area contributed by atoms with Crippen LogP contribution in [0.25, 0.3) is 0 Å². The quantitative estimate of drug-likeness (QED) is 0.562. The van der Waals surface area contributed by atoms with E-state index in [-0.39, 0.29) is 0 Å². The molecule has 0 radical (unpaired) electrons. The highest BCUT2D eigenvalue weighted by molar-refractivity contribution is 5.78. The number of nitrogens with one attached hydrogen (secondary N) is 1. The summed E-state index contributed by atoms with van der Waals surface area (Å²) < 4.78 is 0. The van der Waals surface area contributed by atoms with E-state index in [4.69, 9.17) is 5.73 Å². The molecular weight excluding hydrogens is 198 g/mol. The molecule has 0 aliphatic heterocycles. The van der Waals surface area contributed by atoms with E-state index < -0.39 is 0 Å². The first-order chi connectivity index (χ1) is 7.83. The first-order valence-electron chi connectivity index (χ1n) is 6.89. The number of nitrogens with two attached hydrogens (primary N) is 1. The average molecular weight is 221 g/mol. The summed E-state index contributed by atoms with van der Waals surface area (Å²) in [5.41, 5.74) is 5.87. The summed E-state index contributed by atoms with van der Waals surface area (Å²) in [6.45, 7) is 0.965. The van der Waals surface area contributed by atoms with Crippen molar-refractivity contribution >= 4 is 5.96 Å². The van der Waals surface area contributed by atoms with Crippen LogP contribution in [0.2, 0.25) is 0 Å². The first kappa shape index (κ1) is 10.4.